The zero-order valence-electron chi connectivity index (χ0n) is 10.6. The monoisotopic (exact) mass is 258 g/mol. The van der Waals surface area contributed by atoms with Crippen LogP contribution in [0.2, 0.25) is 0 Å². The molecule has 0 radical (unpaired) electrons. The molecule has 3 rings (SSSR count). The minimum atomic E-state index is 0.261. The van der Waals surface area contributed by atoms with Crippen LogP contribution in [0, 0.1) is 0 Å². The van der Waals surface area contributed by atoms with Crippen LogP contribution in [0.15, 0.2) is 36.7 Å². The van der Waals surface area contributed by atoms with Gasteiger partial charge in [-0.25, -0.2) is 0 Å². The summed E-state index contributed by atoms with van der Waals surface area (Å²) in [5.41, 5.74) is 1.05. The van der Waals surface area contributed by atoms with Gasteiger partial charge in [0.05, 0.1) is 6.20 Å². The van der Waals surface area contributed by atoms with Gasteiger partial charge < -0.3 is 19.5 Å². The van der Waals surface area contributed by atoms with E-state index in [1.807, 2.05) is 31.3 Å². The average Bonchev–Trinajstić information content (AvgIpc) is 2.89. The molecule has 0 aliphatic carbocycles. The van der Waals surface area contributed by atoms with Gasteiger partial charge >= 0.3 is 0 Å². The van der Waals surface area contributed by atoms with Crippen LogP contribution in [0.1, 0.15) is 5.56 Å². The molecule has 0 spiro atoms. The fraction of sp³-hybridized carbons (Fsp3) is 0.214. The van der Waals surface area contributed by atoms with E-state index in [1.54, 1.807) is 12.4 Å². The van der Waals surface area contributed by atoms with Crippen molar-refractivity contribution < 1.29 is 14.2 Å². The molecule has 0 saturated carbocycles. The molecule has 1 aromatic heterocycles. The molecule has 5 heteroatoms. The number of pyridine rings is 1. The normalized spacial score (nSPS) is 12.5. The number of benzene rings is 1. The third-order valence-corrected chi connectivity index (χ3v) is 2.81. The molecule has 0 bridgehead atoms. The van der Waals surface area contributed by atoms with Crippen LogP contribution in [0.3, 0.4) is 0 Å². The summed E-state index contributed by atoms with van der Waals surface area (Å²) >= 11 is 0. The molecule has 1 aliphatic rings. The van der Waals surface area contributed by atoms with Crippen molar-refractivity contribution in [2.45, 2.75) is 6.54 Å². The number of nitrogens with zero attached hydrogens (tertiary/aromatic N) is 1. The smallest absolute Gasteiger partial charge is 0.231 e. The minimum absolute atomic E-state index is 0.261. The number of hydrogen-bond donors (Lipinski definition) is 1. The zero-order valence-corrected chi connectivity index (χ0v) is 10.6. The van der Waals surface area contributed by atoms with E-state index in [0.717, 1.165) is 23.6 Å². The van der Waals surface area contributed by atoms with Crippen LogP contribution >= 0.6 is 0 Å². The van der Waals surface area contributed by atoms with Gasteiger partial charge in [-0.15, -0.1) is 0 Å². The molecule has 5 nitrogen and oxygen atoms in total. The molecule has 0 unspecified atom stereocenters. The van der Waals surface area contributed by atoms with Gasteiger partial charge in [0.15, 0.2) is 11.5 Å². The fourth-order valence-electron chi connectivity index (χ4n) is 1.90. The summed E-state index contributed by atoms with van der Waals surface area (Å²) in [6, 6.07) is 7.44. The van der Waals surface area contributed by atoms with Crippen LogP contribution in [0.25, 0.3) is 0 Å². The number of ether oxygens (including phenoxy) is 3. The second kappa shape index (κ2) is 5.16. The largest absolute Gasteiger partial charge is 0.455 e. The Kier molecular flexibility index (Phi) is 3.20. The maximum Gasteiger partial charge on any atom is 0.231 e. The highest BCUT2D eigenvalue weighted by Crippen LogP contribution is 2.36. The van der Waals surface area contributed by atoms with E-state index >= 15 is 0 Å². The third kappa shape index (κ3) is 2.46. The molecule has 1 aliphatic heterocycles. The van der Waals surface area contributed by atoms with Crippen molar-refractivity contribution in [3.8, 4) is 23.0 Å². The Balaban J connectivity index is 1.85. The van der Waals surface area contributed by atoms with Crippen molar-refractivity contribution in [2.24, 2.45) is 0 Å². The predicted molar refractivity (Wildman–Crippen MR) is 69.6 cm³/mol. The Morgan fingerprint density at radius 1 is 1.26 bits per heavy atom. The van der Waals surface area contributed by atoms with Gasteiger partial charge in [-0.3, -0.25) is 4.98 Å². The molecule has 98 valence electrons. The molecule has 0 saturated heterocycles. The molecule has 1 aromatic carbocycles. The lowest BCUT2D eigenvalue weighted by molar-refractivity contribution is 0.174. The van der Waals surface area contributed by atoms with Gasteiger partial charge in [0.1, 0.15) is 11.5 Å². The number of nitrogens with one attached hydrogen (secondary N) is 1. The maximum absolute atomic E-state index is 5.85. The van der Waals surface area contributed by atoms with Crippen LogP contribution in [-0.2, 0) is 6.54 Å². The second-order valence-electron chi connectivity index (χ2n) is 4.13. The van der Waals surface area contributed by atoms with E-state index in [2.05, 4.69) is 10.3 Å². The second-order valence-corrected chi connectivity index (χ2v) is 4.13. The molecule has 0 atom stereocenters. The molecule has 2 aromatic rings. The summed E-state index contributed by atoms with van der Waals surface area (Å²) in [4.78, 5) is 4.09. The van der Waals surface area contributed by atoms with Crippen LogP contribution in [0.5, 0.6) is 23.0 Å². The number of rotatable bonds is 4. The number of hydrogen-bond acceptors (Lipinski definition) is 5. The van der Waals surface area contributed by atoms with E-state index in [9.17, 15) is 0 Å². The van der Waals surface area contributed by atoms with Crippen molar-refractivity contribution >= 4 is 0 Å². The molecular weight excluding hydrogens is 244 g/mol. The van der Waals surface area contributed by atoms with Crippen molar-refractivity contribution in [1.29, 1.82) is 0 Å². The molecule has 0 amide bonds. The zero-order chi connectivity index (χ0) is 13.1. The molecule has 0 fully saturated rings. The van der Waals surface area contributed by atoms with Crippen molar-refractivity contribution in [3.05, 3.63) is 42.2 Å². The number of fused-ring (bicyclic) bond motifs is 1. The highest BCUT2D eigenvalue weighted by Gasteiger charge is 2.14. The summed E-state index contributed by atoms with van der Waals surface area (Å²) in [5, 5.41) is 3.10. The lowest BCUT2D eigenvalue weighted by atomic mass is 10.2. The van der Waals surface area contributed by atoms with Gasteiger partial charge in [-0.2, -0.15) is 0 Å². The first-order valence-corrected chi connectivity index (χ1v) is 6.02. The first-order chi connectivity index (χ1) is 9.36. The lowest BCUT2D eigenvalue weighted by Gasteiger charge is -2.10. The van der Waals surface area contributed by atoms with Crippen molar-refractivity contribution in [3.63, 3.8) is 0 Å². The van der Waals surface area contributed by atoms with Gasteiger partial charge in [0.25, 0.3) is 0 Å². The Hall–Kier alpha value is -2.27. The van der Waals surface area contributed by atoms with Gasteiger partial charge in [-0.05, 0) is 25.2 Å². The average molecular weight is 258 g/mol. The van der Waals surface area contributed by atoms with Gasteiger partial charge in [0.2, 0.25) is 6.79 Å². The Labute approximate surface area is 111 Å². The summed E-state index contributed by atoms with van der Waals surface area (Å²) in [7, 11) is 1.89. The molecule has 1 N–H and O–H groups in total. The van der Waals surface area contributed by atoms with Crippen LogP contribution in [0.4, 0.5) is 0 Å². The minimum Gasteiger partial charge on any atom is -0.455 e. The van der Waals surface area contributed by atoms with Gasteiger partial charge in [0, 0.05) is 24.4 Å². The highest BCUT2D eigenvalue weighted by atomic mass is 16.7. The topological polar surface area (TPSA) is 52.6 Å². The van der Waals surface area contributed by atoms with Crippen LogP contribution in [-0.4, -0.2) is 18.8 Å². The first-order valence-electron chi connectivity index (χ1n) is 6.02. The van der Waals surface area contributed by atoms with Gasteiger partial charge in [-0.1, -0.05) is 0 Å². The molecule has 2 heterocycles. The predicted octanol–water partition coefficient (Wildman–Crippen LogP) is 2.32. The van der Waals surface area contributed by atoms with E-state index in [0.29, 0.717) is 11.5 Å². The molecule has 19 heavy (non-hydrogen) atoms. The quantitative estimate of drug-likeness (QED) is 0.912. The Bertz CT molecular complexity index is 587. The van der Waals surface area contributed by atoms with Crippen LogP contribution < -0.4 is 19.5 Å². The van der Waals surface area contributed by atoms with Crippen molar-refractivity contribution in [1.82, 2.24) is 10.3 Å². The maximum atomic E-state index is 5.85. The van der Waals surface area contributed by atoms with Crippen molar-refractivity contribution in [2.75, 3.05) is 13.8 Å². The SMILES string of the molecule is CNCc1ccncc1Oc1ccc2c(c1)OCO2. The first kappa shape index (κ1) is 11.8. The standard InChI is InChI=1S/C14H14N2O3/c1-15-7-10-4-5-16-8-14(10)19-11-2-3-12-13(6-11)18-9-17-12/h2-6,8,15H,7,9H2,1H3. The van der Waals surface area contributed by atoms with E-state index in [1.165, 1.54) is 0 Å². The summed E-state index contributed by atoms with van der Waals surface area (Å²) in [6.07, 6.45) is 3.45. The summed E-state index contributed by atoms with van der Waals surface area (Å²) in [5.74, 6) is 2.89. The Morgan fingerprint density at radius 3 is 3.05 bits per heavy atom. The van der Waals surface area contributed by atoms with E-state index in [4.69, 9.17) is 14.2 Å². The number of aromatic nitrogens is 1. The Morgan fingerprint density at radius 2 is 2.16 bits per heavy atom. The van der Waals surface area contributed by atoms with E-state index in [-0.39, 0.29) is 6.79 Å². The molecular formula is C14H14N2O3. The van der Waals surface area contributed by atoms with E-state index < -0.39 is 0 Å². The lowest BCUT2D eigenvalue weighted by Crippen LogP contribution is -2.06. The fourth-order valence-corrected chi connectivity index (χ4v) is 1.90. The summed E-state index contributed by atoms with van der Waals surface area (Å²) < 4.78 is 16.4. The summed E-state index contributed by atoms with van der Waals surface area (Å²) in [6.45, 7) is 0.985. The highest BCUT2D eigenvalue weighted by molar-refractivity contribution is 5.48. The third-order valence-electron chi connectivity index (χ3n) is 2.81.